The van der Waals surface area contributed by atoms with Crippen molar-refractivity contribution in [3.8, 4) is 11.4 Å². The van der Waals surface area contributed by atoms with Crippen LogP contribution in [-0.4, -0.2) is 26.0 Å². The zero-order valence-electron chi connectivity index (χ0n) is 15.8. The summed E-state index contributed by atoms with van der Waals surface area (Å²) >= 11 is 0. The SMILES string of the molecule is Cc1[nH]c2ccc(CNC(=O)CCc3nc(-c4cccnc4)no3)cc2c1C. The molecule has 4 aromatic rings. The van der Waals surface area contributed by atoms with Crippen LogP contribution in [0.15, 0.2) is 47.2 Å². The average Bonchev–Trinajstić information content (AvgIpc) is 3.30. The van der Waals surface area contributed by atoms with Crippen molar-refractivity contribution in [2.24, 2.45) is 0 Å². The minimum Gasteiger partial charge on any atom is -0.358 e. The number of benzene rings is 1. The Labute approximate surface area is 162 Å². The highest BCUT2D eigenvalue weighted by Crippen LogP contribution is 2.22. The van der Waals surface area contributed by atoms with Crippen LogP contribution in [-0.2, 0) is 17.8 Å². The Morgan fingerprint density at radius 3 is 2.96 bits per heavy atom. The van der Waals surface area contributed by atoms with Crippen LogP contribution >= 0.6 is 0 Å². The Hall–Kier alpha value is -3.48. The van der Waals surface area contributed by atoms with E-state index in [-0.39, 0.29) is 5.91 Å². The molecule has 3 heterocycles. The van der Waals surface area contributed by atoms with Gasteiger partial charge in [-0.15, -0.1) is 0 Å². The predicted octanol–water partition coefficient (Wildman–Crippen LogP) is 3.48. The summed E-state index contributed by atoms with van der Waals surface area (Å²) in [6.07, 6.45) is 4.05. The number of nitrogens with one attached hydrogen (secondary N) is 2. The van der Waals surface area contributed by atoms with Gasteiger partial charge >= 0.3 is 0 Å². The summed E-state index contributed by atoms with van der Waals surface area (Å²) in [6.45, 7) is 4.65. The maximum absolute atomic E-state index is 12.2. The lowest BCUT2D eigenvalue weighted by atomic mass is 10.1. The normalized spacial score (nSPS) is 11.1. The lowest BCUT2D eigenvalue weighted by Gasteiger charge is -2.05. The van der Waals surface area contributed by atoms with Crippen molar-refractivity contribution in [1.29, 1.82) is 0 Å². The zero-order chi connectivity index (χ0) is 19.5. The highest BCUT2D eigenvalue weighted by atomic mass is 16.5. The van der Waals surface area contributed by atoms with E-state index in [0.29, 0.717) is 31.1 Å². The molecule has 1 aromatic carbocycles. The van der Waals surface area contributed by atoms with Crippen LogP contribution in [0.25, 0.3) is 22.3 Å². The summed E-state index contributed by atoms with van der Waals surface area (Å²) in [4.78, 5) is 23.9. The summed E-state index contributed by atoms with van der Waals surface area (Å²) in [5.41, 5.74) is 5.38. The number of aryl methyl sites for hydroxylation is 3. The number of pyridine rings is 1. The van der Waals surface area contributed by atoms with Gasteiger partial charge in [-0.1, -0.05) is 11.2 Å². The van der Waals surface area contributed by atoms with E-state index in [0.717, 1.165) is 16.6 Å². The van der Waals surface area contributed by atoms with Gasteiger partial charge in [-0.05, 0) is 49.2 Å². The van der Waals surface area contributed by atoms with Crippen LogP contribution in [0.1, 0.15) is 29.1 Å². The van der Waals surface area contributed by atoms with Gasteiger partial charge in [0.05, 0.1) is 0 Å². The van der Waals surface area contributed by atoms with Crippen LogP contribution in [0.2, 0.25) is 0 Å². The molecule has 0 spiro atoms. The van der Waals surface area contributed by atoms with Gasteiger partial charge < -0.3 is 14.8 Å². The second-order valence-corrected chi connectivity index (χ2v) is 6.79. The molecule has 0 aliphatic heterocycles. The van der Waals surface area contributed by atoms with E-state index < -0.39 is 0 Å². The Morgan fingerprint density at radius 2 is 2.14 bits per heavy atom. The molecule has 7 nitrogen and oxygen atoms in total. The smallest absolute Gasteiger partial charge is 0.227 e. The van der Waals surface area contributed by atoms with Crippen molar-refractivity contribution >= 4 is 16.8 Å². The molecule has 0 bridgehead atoms. The zero-order valence-corrected chi connectivity index (χ0v) is 15.8. The molecule has 142 valence electrons. The minimum absolute atomic E-state index is 0.0526. The number of aromatic nitrogens is 4. The Morgan fingerprint density at radius 1 is 1.25 bits per heavy atom. The third-order valence-electron chi connectivity index (χ3n) is 4.82. The largest absolute Gasteiger partial charge is 0.358 e. The number of amides is 1. The van der Waals surface area contributed by atoms with E-state index in [4.69, 9.17) is 4.52 Å². The Kier molecular flexibility index (Phi) is 4.89. The number of aromatic amines is 1. The number of carbonyl (C=O) groups excluding carboxylic acids is 1. The molecular formula is C21H21N5O2. The van der Waals surface area contributed by atoms with Gasteiger partial charge in [0.1, 0.15) is 0 Å². The fourth-order valence-corrected chi connectivity index (χ4v) is 3.10. The molecule has 0 unspecified atom stereocenters. The van der Waals surface area contributed by atoms with Gasteiger partial charge in [0.2, 0.25) is 17.6 Å². The standard InChI is InChI=1S/C21H21N5O2/c1-13-14(2)24-18-6-5-15(10-17(13)18)11-23-19(27)7-8-20-25-21(26-28-20)16-4-3-9-22-12-16/h3-6,9-10,12,24H,7-8,11H2,1-2H3,(H,23,27). The molecular weight excluding hydrogens is 354 g/mol. The second-order valence-electron chi connectivity index (χ2n) is 6.79. The Bertz CT molecular complexity index is 1110. The van der Waals surface area contributed by atoms with Crippen molar-refractivity contribution in [2.45, 2.75) is 33.2 Å². The van der Waals surface area contributed by atoms with Gasteiger partial charge in [0, 0.05) is 53.9 Å². The van der Waals surface area contributed by atoms with E-state index in [1.807, 2.05) is 18.2 Å². The van der Waals surface area contributed by atoms with Gasteiger partial charge in [0.15, 0.2) is 0 Å². The van der Waals surface area contributed by atoms with E-state index in [1.165, 1.54) is 16.6 Å². The molecule has 0 saturated carbocycles. The topological polar surface area (TPSA) is 96.7 Å². The summed E-state index contributed by atoms with van der Waals surface area (Å²) in [6, 6.07) is 9.86. The van der Waals surface area contributed by atoms with E-state index in [1.54, 1.807) is 12.4 Å². The number of carbonyl (C=O) groups is 1. The van der Waals surface area contributed by atoms with Gasteiger partial charge in [-0.2, -0.15) is 4.98 Å². The van der Waals surface area contributed by atoms with E-state index in [9.17, 15) is 4.79 Å². The number of fused-ring (bicyclic) bond motifs is 1. The number of rotatable bonds is 6. The lowest BCUT2D eigenvalue weighted by Crippen LogP contribution is -2.23. The predicted molar refractivity (Wildman–Crippen MR) is 105 cm³/mol. The molecule has 0 aliphatic carbocycles. The minimum atomic E-state index is -0.0526. The number of hydrogen-bond acceptors (Lipinski definition) is 5. The molecule has 4 rings (SSSR count). The molecule has 1 amide bonds. The fourth-order valence-electron chi connectivity index (χ4n) is 3.10. The van der Waals surface area contributed by atoms with Crippen LogP contribution < -0.4 is 5.32 Å². The first-order chi connectivity index (χ1) is 13.6. The maximum Gasteiger partial charge on any atom is 0.227 e. The van der Waals surface area contributed by atoms with Crippen molar-refractivity contribution in [3.63, 3.8) is 0 Å². The Balaban J connectivity index is 1.31. The van der Waals surface area contributed by atoms with Crippen molar-refractivity contribution in [1.82, 2.24) is 25.4 Å². The highest BCUT2D eigenvalue weighted by molar-refractivity contribution is 5.85. The summed E-state index contributed by atoms with van der Waals surface area (Å²) < 4.78 is 5.22. The molecule has 3 aromatic heterocycles. The molecule has 0 aliphatic rings. The van der Waals surface area contributed by atoms with E-state index in [2.05, 4.69) is 51.4 Å². The lowest BCUT2D eigenvalue weighted by molar-refractivity contribution is -0.121. The molecule has 0 radical (unpaired) electrons. The molecule has 7 heteroatoms. The van der Waals surface area contributed by atoms with E-state index >= 15 is 0 Å². The summed E-state index contributed by atoms with van der Waals surface area (Å²) in [5, 5.41) is 8.08. The molecule has 2 N–H and O–H groups in total. The first-order valence-corrected chi connectivity index (χ1v) is 9.17. The van der Waals surface area contributed by atoms with Crippen LogP contribution in [0.5, 0.6) is 0 Å². The molecule has 0 saturated heterocycles. The van der Waals surface area contributed by atoms with Crippen LogP contribution in [0, 0.1) is 13.8 Å². The van der Waals surface area contributed by atoms with Gasteiger partial charge in [-0.25, -0.2) is 0 Å². The maximum atomic E-state index is 12.2. The van der Waals surface area contributed by atoms with Crippen molar-refractivity contribution < 1.29 is 9.32 Å². The molecule has 28 heavy (non-hydrogen) atoms. The van der Waals surface area contributed by atoms with Crippen LogP contribution in [0.3, 0.4) is 0 Å². The molecule has 0 atom stereocenters. The third kappa shape index (κ3) is 3.78. The second kappa shape index (κ2) is 7.64. The monoisotopic (exact) mass is 375 g/mol. The average molecular weight is 375 g/mol. The number of nitrogens with zero attached hydrogens (tertiary/aromatic N) is 3. The van der Waals surface area contributed by atoms with Gasteiger partial charge in [-0.3, -0.25) is 9.78 Å². The van der Waals surface area contributed by atoms with Gasteiger partial charge in [0.25, 0.3) is 0 Å². The number of hydrogen-bond donors (Lipinski definition) is 2. The van der Waals surface area contributed by atoms with Crippen molar-refractivity contribution in [3.05, 3.63) is 65.4 Å². The van der Waals surface area contributed by atoms with Crippen molar-refractivity contribution in [2.75, 3.05) is 0 Å². The molecule has 0 fully saturated rings. The highest BCUT2D eigenvalue weighted by Gasteiger charge is 2.11. The fraction of sp³-hybridized carbons (Fsp3) is 0.238. The quantitative estimate of drug-likeness (QED) is 0.538. The summed E-state index contributed by atoms with van der Waals surface area (Å²) in [5.74, 6) is 0.867. The summed E-state index contributed by atoms with van der Waals surface area (Å²) in [7, 11) is 0. The first-order valence-electron chi connectivity index (χ1n) is 9.17. The van der Waals surface area contributed by atoms with Crippen LogP contribution in [0.4, 0.5) is 0 Å². The third-order valence-corrected chi connectivity index (χ3v) is 4.82. The number of H-pyrrole nitrogens is 1. The first kappa shape index (κ1) is 17.9.